The van der Waals surface area contributed by atoms with Crippen LogP contribution in [0.25, 0.3) is 11.3 Å². The van der Waals surface area contributed by atoms with Crippen LogP contribution in [0, 0.1) is 5.82 Å². The second-order valence-corrected chi connectivity index (χ2v) is 6.15. The fourth-order valence-corrected chi connectivity index (χ4v) is 2.66. The summed E-state index contributed by atoms with van der Waals surface area (Å²) in [4.78, 5) is 15.4. The summed E-state index contributed by atoms with van der Waals surface area (Å²) in [5, 5.41) is 0. The Labute approximate surface area is 120 Å². The monoisotopic (exact) mass is 313 g/mol. The van der Waals surface area contributed by atoms with Crippen molar-refractivity contribution < 1.29 is 26.8 Å². The molecule has 0 N–H and O–H groups in total. The smallest absolute Gasteiger partial charge is 0.376 e. The van der Waals surface area contributed by atoms with Crippen LogP contribution in [-0.2, 0) is 14.6 Å². The summed E-state index contributed by atoms with van der Waals surface area (Å²) in [5.41, 5.74) is -0.123. The lowest BCUT2D eigenvalue weighted by Gasteiger charge is -2.07. The molecular weight excluding hydrogens is 301 g/mol. The number of carbonyl (C=O) groups excluding carboxylic acids is 1. The molecule has 112 valence electrons. The third-order valence-electron chi connectivity index (χ3n) is 2.62. The zero-order chi connectivity index (χ0) is 15.6. The predicted octanol–water partition coefficient (Wildman–Crippen LogP) is 2.06. The van der Waals surface area contributed by atoms with Crippen LogP contribution in [0.15, 0.2) is 33.9 Å². The Hall–Kier alpha value is -2.22. The van der Waals surface area contributed by atoms with Gasteiger partial charge < -0.3 is 9.15 Å². The minimum atomic E-state index is -3.63. The van der Waals surface area contributed by atoms with Gasteiger partial charge >= 0.3 is 5.97 Å². The van der Waals surface area contributed by atoms with Crippen LogP contribution in [0.2, 0.25) is 0 Å². The number of oxazole rings is 1. The third-order valence-corrected chi connectivity index (χ3v) is 3.78. The van der Waals surface area contributed by atoms with Crippen LogP contribution in [0.4, 0.5) is 4.39 Å². The van der Waals surface area contributed by atoms with Crippen molar-refractivity contribution in [3.05, 3.63) is 36.2 Å². The zero-order valence-electron chi connectivity index (χ0n) is 11.3. The molecule has 1 aromatic carbocycles. The Kier molecular flexibility index (Phi) is 4.08. The Bertz CT molecular complexity index is 782. The highest BCUT2D eigenvalue weighted by molar-refractivity contribution is 7.90. The fraction of sp³-hybridized carbons (Fsp3) is 0.231. The molecule has 0 aliphatic heterocycles. The van der Waals surface area contributed by atoms with Gasteiger partial charge in [0, 0.05) is 11.8 Å². The number of esters is 1. The lowest BCUT2D eigenvalue weighted by Crippen LogP contribution is -2.07. The first kappa shape index (κ1) is 15.2. The molecule has 0 fully saturated rings. The largest absolute Gasteiger partial charge is 0.460 e. The van der Waals surface area contributed by atoms with Crippen LogP contribution in [-0.4, -0.2) is 32.2 Å². The number of rotatable bonds is 4. The van der Waals surface area contributed by atoms with Crippen LogP contribution < -0.4 is 0 Å². The molecule has 0 saturated carbocycles. The molecule has 8 heteroatoms. The molecular formula is C13H12FNO5S. The van der Waals surface area contributed by atoms with E-state index in [2.05, 4.69) is 4.98 Å². The van der Waals surface area contributed by atoms with Crippen LogP contribution in [0.3, 0.4) is 0 Å². The average molecular weight is 313 g/mol. The first-order valence-electron chi connectivity index (χ1n) is 5.95. The Morgan fingerprint density at radius 2 is 2.14 bits per heavy atom. The molecule has 0 radical (unpaired) electrons. The molecule has 2 rings (SSSR count). The number of hydrogen-bond donors (Lipinski definition) is 0. The Balaban J connectivity index is 2.66. The second-order valence-electron chi connectivity index (χ2n) is 4.16. The number of halogens is 1. The Morgan fingerprint density at radius 3 is 2.76 bits per heavy atom. The molecule has 0 atom stereocenters. The summed E-state index contributed by atoms with van der Waals surface area (Å²) < 4.78 is 46.7. The van der Waals surface area contributed by atoms with E-state index in [-0.39, 0.29) is 28.5 Å². The van der Waals surface area contributed by atoms with Gasteiger partial charge in [0.05, 0.1) is 11.5 Å². The van der Waals surface area contributed by atoms with Gasteiger partial charge in [-0.25, -0.2) is 22.6 Å². The first-order valence-corrected chi connectivity index (χ1v) is 7.84. The fourth-order valence-electron chi connectivity index (χ4n) is 1.79. The van der Waals surface area contributed by atoms with E-state index >= 15 is 0 Å². The van der Waals surface area contributed by atoms with E-state index in [1.807, 2.05) is 0 Å². The van der Waals surface area contributed by atoms with E-state index in [1.54, 1.807) is 6.92 Å². The van der Waals surface area contributed by atoms with E-state index in [1.165, 1.54) is 0 Å². The SMILES string of the molecule is CCOC(=O)c1ocnc1-c1cc(F)ccc1S(C)(=O)=O. The van der Waals surface area contributed by atoms with Gasteiger partial charge in [0.15, 0.2) is 16.2 Å². The molecule has 1 aromatic heterocycles. The minimum absolute atomic E-state index is 0.0469. The number of ether oxygens (including phenoxy) is 1. The summed E-state index contributed by atoms with van der Waals surface area (Å²) in [6.07, 6.45) is 1.95. The highest BCUT2D eigenvalue weighted by Crippen LogP contribution is 2.30. The van der Waals surface area contributed by atoms with Crippen molar-refractivity contribution in [2.24, 2.45) is 0 Å². The topological polar surface area (TPSA) is 86.5 Å². The second kappa shape index (κ2) is 5.65. The van der Waals surface area contributed by atoms with Crippen LogP contribution in [0.1, 0.15) is 17.5 Å². The van der Waals surface area contributed by atoms with Crippen molar-refractivity contribution in [1.82, 2.24) is 4.98 Å². The molecule has 21 heavy (non-hydrogen) atoms. The average Bonchev–Trinajstić information content (AvgIpc) is 2.86. The van der Waals surface area contributed by atoms with Gasteiger partial charge in [-0.2, -0.15) is 0 Å². The quantitative estimate of drug-likeness (QED) is 0.634. The zero-order valence-corrected chi connectivity index (χ0v) is 12.1. The summed E-state index contributed by atoms with van der Waals surface area (Å²) in [7, 11) is -3.63. The van der Waals surface area contributed by atoms with E-state index in [4.69, 9.17) is 9.15 Å². The molecule has 0 unspecified atom stereocenters. The predicted molar refractivity (Wildman–Crippen MR) is 71.0 cm³/mol. The maximum atomic E-state index is 13.4. The standard InChI is InChI=1S/C13H12FNO5S/c1-3-19-13(16)12-11(15-7-20-12)9-6-8(14)4-5-10(9)21(2,17)18/h4-7H,3H2,1-2H3. The summed E-state index contributed by atoms with van der Waals surface area (Å²) >= 11 is 0. The molecule has 0 bridgehead atoms. The highest BCUT2D eigenvalue weighted by Gasteiger charge is 2.25. The van der Waals surface area contributed by atoms with Gasteiger partial charge in [0.1, 0.15) is 11.5 Å². The lowest BCUT2D eigenvalue weighted by molar-refractivity contribution is 0.0491. The van der Waals surface area contributed by atoms with Crippen molar-refractivity contribution in [2.45, 2.75) is 11.8 Å². The maximum Gasteiger partial charge on any atom is 0.376 e. The number of benzene rings is 1. The van der Waals surface area contributed by atoms with E-state index in [9.17, 15) is 17.6 Å². The number of aromatic nitrogens is 1. The molecule has 0 saturated heterocycles. The number of nitrogens with zero attached hydrogens (tertiary/aromatic N) is 1. The van der Waals surface area contributed by atoms with Crippen molar-refractivity contribution in [1.29, 1.82) is 0 Å². The van der Waals surface area contributed by atoms with E-state index in [0.717, 1.165) is 30.8 Å². The van der Waals surface area contributed by atoms with Crippen molar-refractivity contribution in [3.8, 4) is 11.3 Å². The molecule has 6 nitrogen and oxygen atoms in total. The van der Waals surface area contributed by atoms with Gasteiger partial charge in [-0.1, -0.05) is 0 Å². The van der Waals surface area contributed by atoms with Crippen LogP contribution in [0.5, 0.6) is 0 Å². The number of sulfone groups is 1. The summed E-state index contributed by atoms with van der Waals surface area (Å²) in [6, 6.07) is 3.12. The molecule has 0 aliphatic carbocycles. The van der Waals surface area contributed by atoms with Gasteiger partial charge in [0.25, 0.3) is 0 Å². The Morgan fingerprint density at radius 1 is 1.43 bits per heavy atom. The third kappa shape index (κ3) is 3.10. The summed E-state index contributed by atoms with van der Waals surface area (Å²) in [6.45, 7) is 1.72. The minimum Gasteiger partial charge on any atom is -0.460 e. The van der Waals surface area contributed by atoms with Crippen LogP contribution >= 0.6 is 0 Å². The van der Waals surface area contributed by atoms with Gasteiger partial charge in [-0.3, -0.25) is 0 Å². The highest BCUT2D eigenvalue weighted by atomic mass is 32.2. The van der Waals surface area contributed by atoms with Crippen molar-refractivity contribution >= 4 is 15.8 Å². The van der Waals surface area contributed by atoms with Crippen molar-refractivity contribution in [3.63, 3.8) is 0 Å². The molecule has 2 aromatic rings. The molecule has 0 spiro atoms. The maximum absolute atomic E-state index is 13.4. The summed E-state index contributed by atoms with van der Waals surface area (Å²) in [5.74, 6) is -1.73. The normalized spacial score (nSPS) is 11.4. The van der Waals surface area contributed by atoms with Gasteiger partial charge in [-0.05, 0) is 25.1 Å². The first-order chi connectivity index (χ1) is 9.84. The molecule has 1 heterocycles. The molecule has 0 aliphatic rings. The van der Waals surface area contributed by atoms with E-state index < -0.39 is 21.6 Å². The number of carbonyl (C=O) groups is 1. The molecule has 0 amide bonds. The van der Waals surface area contributed by atoms with Gasteiger partial charge in [0.2, 0.25) is 5.76 Å². The van der Waals surface area contributed by atoms with E-state index in [0.29, 0.717) is 0 Å². The van der Waals surface area contributed by atoms with Gasteiger partial charge in [-0.15, -0.1) is 0 Å². The van der Waals surface area contributed by atoms with Crippen molar-refractivity contribution in [2.75, 3.05) is 12.9 Å². The number of hydrogen-bond acceptors (Lipinski definition) is 6. The lowest BCUT2D eigenvalue weighted by atomic mass is 10.1.